The molecule has 5 heteroatoms. The van der Waals surface area contributed by atoms with E-state index in [4.69, 9.17) is 5.73 Å². The molecule has 0 atom stereocenters. The van der Waals surface area contributed by atoms with Gasteiger partial charge in [0, 0.05) is 28.9 Å². The van der Waals surface area contributed by atoms with Gasteiger partial charge in [-0.1, -0.05) is 36.4 Å². The Kier molecular flexibility index (Phi) is 4.96. The highest BCUT2D eigenvalue weighted by atomic mass is 35.5. The van der Waals surface area contributed by atoms with Crippen LogP contribution in [0, 0.1) is 0 Å². The molecule has 0 radical (unpaired) electrons. The van der Waals surface area contributed by atoms with Crippen molar-refractivity contribution in [3.05, 3.63) is 64.7 Å². The minimum Gasteiger partial charge on any atom is -0.384 e. The molecule has 0 spiro atoms. The topological polar surface area (TPSA) is 72.2 Å². The number of benzene rings is 2. The first-order valence-electron chi connectivity index (χ1n) is 6.99. The Bertz CT molecular complexity index is 728. The number of rotatable bonds is 4. The number of ketones is 2. The van der Waals surface area contributed by atoms with Gasteiger partial charge in [-0.05, 0) is 19.0 Å². The number of nitrogens with one attached hydrogen (secondary N) is 1. The summed E-state index contributed by atoms with van der Waals surface area (Å²) in [5, 5.41) is 3.20. The fourth-order valence-electron chi connectivity index (χ4n) is 2.62. The van der Waals surface area contributed by atoms with Crippen molar-refractivity contribution in [3.8, 4) is 0 Å². The number of halogens is 1. The van der Waals surface area contributed by atoms with Gasteiger partial charge in [0.1, 0.15) is 0 Å². The Morgan fingerprint density at radius 2 is 1.50 bits per heavy atom. The standard InChI is InChI=1S/C17H16N2O2.ClH/c18-9-4-10-19-14-8-3-7-13-15(14)17(21)12-6-2-1-5-11(12)16(13)20;/h1-3,5-8,19H,4,9-10,18H2;1H. The molecule has 0 saturated heterocycles. The van der Waals surface area contributed by atoms with Crippen molar-refractivity contribution in [2.75, 3.05) is 18.4 Å². The first kappa shape index (κ1) is 16.2. The molecule has 0 unspecified atom stereocenters. The lowest BCUT2D eigenvalue weighted by molar-refractivity contribution is 0.0979. The molecule has 0 amide bonds. The molecule has 4 nitrogen and oxygen atoms in total. The lowest BCUT2D eigenvalue weighted by atomic mass is 9.83. The summed E-state index contributed by atoms with van der Waals surface area (Å²) in [4.78, 5) is 25.2. The average molecular weight is 317 g/mol. The fraction of sp³-hybridized carbons (Fsp3) is 0.176. The van der Waals surface area contributed by atoms with Crippen LogP contribution in [0.1, 0.15) is 38.3 Å². The van der Waals surface area contributed by atoms with Gasteiger partial charge in [0.25, 0.3) is 0 Å². The van der Waals surface area contributed by atoms with Crippen molar-refractivity contribution >= 4 is 29.7 Å². The minimum absolute atomic E-state index is 0. The minimum atomic E-state index is -0.101. The van der Waals surface area contributed by atoms with Crippen LogP contribution in [-0.4, -0.2) is 24.7 Å². The van der Waals surface area contributed by atoms with Gasteiger partial charge in [0.2, 0.25) is 0 Å². The molecular formula is C17H17ClN2O2. The maximum atomic E-state index is 12.7. The van der Waals surface area contributed by atoms with Gasteiger partial charge in [-0.3, -0.25) is 9.59 Å². The van der Waals surface area contributed by atoms with E-state index in [0.717, 1.165) is 6.42 Å². The van der Waals surface area contributed by atoms with Gasteiger partial charge < -0.3 is 11.1 Å². The van der Waals surface area contributed by atoms with Crippen LogP contribution < -0.4 is 11.1 Å². The van der Waals surface area contributed by atoms with E-state index in [1.165, 1.54) is 0 Å². The number of hydrogen-bond acceptors (Lipinski definition) is 4. The lowest BCUT2D eigenvalue weighted by Gasteiger charge is -2.20. The van der Waals surface area contributed by atoms with Crippen molar-refractivity contribution in [2.45, 2.75) is 6.42 Å². The van der Waals surface area contributed by atoms with Crippen molar-refractivity contribution in [2.24, 2.45) is 5.73 Å². The summed E-state index contributed by atoms with van der Waals surface area (Å²) < 4.78 is 0. The summed E-state index contributed by atoms with van der Waals surface area (Å²) in [6.45, 7) is 1.26. The highest BCUT2D eigenvalue weighted by Crippen LogP contribution is 2.31. The summed E-state index contributed by atoms with van der Waals surface area (Å²) in [7, 11) is 0. The predicted molar refractivity (Wildman–Crippen MR) is 89.2 cm³/mol. The first-order chi connectivity index (χ1) is 10.2. The van der Waals surface area contributed by atoms with Crippen LogP contribution in [0.5, 0.6) is 0 Å². The van der Waals surface area contributed by atoms with Crippen LogP contribution in [0.4, 0.5) is 5.69 Å². The summed E-state index contributed by atoms with van der Waals surface area (Å²) in [5.41, 5.74) is 8.08. The molecule has 3 N–H and O–H groups in total. The molecule has 0 fully saturated rings. The fourth-order valence-corrected chi connectivity index (χ4v) is 2.62. The third-order valence-electron chi connectivity index (χ3n) is 3.65. The molecule has 2 aromatic carbocycles. The van der Waals surface area contributed by atoms with E-state index in [9.17, 15) is 9.59 Å². The molecule has 22 heavy (non-hydrogen) atoms. The van der Waals surface area contributed by atoms with Crippen molar-refractivity contribution in [1.29, 1.82) is 0 Å². The zero-order valence-corrected chi connectivity index (χ0v) is 12.8. The Labute approximate surface area is 135 Å². The van der Waals surface area contributed by atoms with Gasteiger partial charge in [-0.2, -0.15) is 0 Å². The lowest BCUT2D eigenvalue weighted by Crippen LogP contribution is -2.22. The van der Waals surface area contributed by atoms with Gasteiger partial charge in [0.15, 0.2) is 11.6 Å². The predicted octanol–water partition coefficient (Wildman–Crippen LogP) is 2.64. The number of nitrogens with two attached hydrogens (primary N) is 1. The molecule has 2 aromatic rings. The largest absolute Gasteiger partial charge is 0.384 e. The molecular weight excluding hydrogens is 300 g/mol. The number of carbonyl (C=O) groups excluding carboxylic acids is 2. The molecule has 0 aromatic heterocycles. The molecule has 0 bridgehead atoms. The molecule has 0 saturated carbocycles. The smallest absolute Gasteiger partial charge is 0.196 e. The van der Waals surface area contributed by atoms with Gasteiger partial charge in [-0.25, -0.2) is 0 Å². The zero-order valence-electron chi connectivity index (χ0n) is 12.0. The number of carbonyl (C=O) groups is 2. The summed E-state index contributed by atoms with van der Waals surface area (Å²) in [5.74, 6) is -0.196. The summed E-state index contributed by atoms with van der Waals surface area (Å²) in [6, 6.07) is 12.3. The average Bonchev–Trinajstić information content (AvgIpc) is 2.53. The van der Waals surface area contributed by atoms with Gasteiger partial charge >= 0.3 is 0 Å². The Morgan fingerprint density at radius 1 is 0.864 bits per heavy atom. The van der Waals surface area contributed by atoms with E-state index < -0.39 is 0 Å². The first-order valence-corrected chi connectivity index (χ1v) is 6.99. The maximum absolute atomic E-state index is 12.7. The number of fused-ring (bicyclic) bond motifs is 2. The molecule has 3 rings (SSSR count). The van der Waals surface area contributed by atoms with E-state index in [2.05, 4.69) is 5.32 Å². The number of hydrogen-bond donors (Lipinski definition) is 2. The van der Waals surface area contributed by atoms with Crippen molar-refractivity contribution in [3.63, 3.8) is 0 Å². The van der Waals surface area contributed by atoms with Crippen LogP contribution in [-0.2, 0) is 0 Å². The van der Waals surface area contributed by atoms with E-state index in [1.54, 1.807) is 36.4 Å². The van der Waals surface area contributed by atoms with Crippen molar-refractivity contribution in [1.82, 2.24) is 0 Å². The molecule has 0 aliphatic heterocycles. The SMILES string of the molecule is Cl.NCCCNc1cccc2c1C(=O)c1ccccc1C2=O. The second-order valence-electron chi connectivity index (χ2n) is 5.00. The summed E-state index contributed by atoms with van der Waals surface area (Å²) >= 11 is 0. The molecule has 1 aliphatic carbocycles. The molecule has 114 valence electrons. The zero-order chi connectivity index (χ0) is 14.8. The summed E-state index contributed by atoms with van der Waals surface area (Å²) in [6.07, 6.45) is 0.808. The Hall–Kier alpha value is -2.17. The quantitative estimate of drug-likeness (QED) is 0.726. The third kappa shape index (κ3) is 2.63. The van der Waals surface area contributed by atoms with Gasteiger partial charge in [0.05, 0.1) is 5.56 Å². The van der Waals surface area contributed by atoms with Crippen LogP contribution in [0.15, 0.2) is 42.5 Å². The highest BCUT2D eigenvalue weighted by Gasteiger charge is 2.31. The van der Waals surface area contributed by atoms with E-state index in [0.29, 0.717) is 41.0 Å². The second-order valence-corrected chi connectivity index (χ2v) is 5.00. The molecule has 0 heterocycles. The van der Waals surface area contributed by atoms with Gasteiger partial charge in [-0.15, -0.1) is 12.4 Å². The van der Waals surface area contributed by atoms with E-state index >= 15 is 0 Å². The number of anilines is 1. The van der Waals surface area contributed by atoms with Crippen LogP contribution in [0.3, 0.4) is 0 Å². The van der Waals surface area contributed by atoms with Crippen LogP contribution in [0.2, 0.25) is 0 Å². The second kappa shape index (κ2) is 6.73. The monoisotopic (exact) mass is 316 g/mol. The van der Waals surface area contributed by atoms with Crippen LogP contribution in [0.25, 0.3) is 0 Å². The van der Waals surface area contributed by atoms with E-state index in [1.807, 2.05) is 6.07 Å². The Morgan fingerprint density at radius 3 is 2.18 bits per heavy atom. The maximum Gasteiger partial charge on any atom is 0.196 e. The van der Waals surface area contributed by atoms with Crippen molar-refractivity contribution < 1.29 is 9.59 Å². The van der Waals surface area contributed by atoms with E-state index in [-0.39, 0.29) is 24.0 Å². The Balaban J connectivity index is 0.00000176. The van der Waals surface area contributed by atoms with Crippen LogP contribution >= 0.6 is 12.4 Å². The molecule has 1 aliphatic rings. The third-order valence-corrected chi connectivity index (χ3v) is 3.65. The highest BCUT2D eigenvalue weighted by molar-refractivity contribution is 6.30. The normalized spacial score (nSPS) is 12.2.